The summed E-state index contributed by atoms with van der Waals surface area (Å²) in [5, 5.41) is 0. The van der Waals surface area contributed by atoms with Crippen LogP contribution in [0.2, 0.25) is 0 Å². The molecule has 14 heavy (non-hydrogen) atoms. The Labute approximate surface area is 86.6 Å². The number of nitrogens with zero attached hydrogens (tertiary/aromatic N) is 1. The van der Waals surface area contributed by atoms with Gasteiger partial charge in [-0.2, -0.15) is 0 Å². The summed E-state index contributed by atoms with van der Waals surface area (Å²) in [6.45, 7) is 8.41. The van der Waals surface area contributed by atoms with E-state index in [0.29, 0.717) is 5.54 Å². The molecule has 2 aliphatic rings. The molecule has 2 rings (SSSR count). The van der Waals surface area contributed by atoms with Gasteiger partial charge < -0.3 is 10.5 Å². The summed E-state index contributed by atoms with van der Waals surface area (Å²) in [5.41, 5.74) is 6.55. The maximum atomic E-state index is 6.29. The van der Waals surface area contributed by atoms with Gasteiger partial charge >= 0.3 is 0 Å². The molecule has 0 aromatic heterocycles. The standard InChI is InChI=1S/C11H22N2O/c1-10(2)4-3-6-13(10)8-11(12)5-7-14-9-11/h3-9,12H2,1-2H3. The van der Waals surface area contributed by atoms with Crippen molar-refractivity contribution in [2.45, 2.75) is 44.2 Å². The summed E-state index contributed by atoms with van der Waals surface area (Å²) < 4.78 is 5.39. The molecular formula is C11H22N2O. The fourth-order valence-electron chi connectivity index (χ4n) is 2.58. The van der Waals surface area contributed by atoms with Gasteiger partial charge in [0.2, 0.25) is 0 Å². The van der Waals surface area contributed by atoms with Gasteiger partial charge in [0.1, 0.15) is 0 Å². The summed E-state index contributed by atoms with van der Waals surface area (Å²) in [5.74, 6) is 0. The van der Waals surface area contributed by atoms with Crippen LogP contribution in [0, 0.1) is 0 Å². The number of rotatable bonds is 2. The molecule has 82 valence electrons. The summed E-state index contributed by atoms with van der Waals surface area (Å²) >= 11 is 0. The predicted octanol–water partition coefficient (Wildman–Crippen LogP) is 0.979. The first-order valence-electron chi connectivity index (χ1n) is 5.64. The van der Waals surface area contributed by atoms with Crippen LogP contribution in [0.15, 0.2) is 0 Å². The topological polar surface area (TPSA) is 38.5 Å². The van der Waals surface area contributed by atoms with Crippen LogP contribution in [0.5, 0.6) is 0 Å². The van der Waals surface area contributed by atoms with Crippen LogP contribution in [0.4, 0.5) is 0 Å². The molecule has 1 atom stereocenters. The number of ether oxygens (including phenoxy) is 1. The maximum absolute atomic E-state index is 6.29. The number of nitrogens with two attached hydrogens (primary N) is 1. The van der Waals surface area contributed by atoms with E-state index in [4.69, 9.17) is 10.5 Å². The zero-order valence-corrected chi connectivity index (χ0v) is 9.38. The third-order valence-corrected chi connectivity index (χ3v) is 3.71. The Bertz CT molecular complexity index is 209. The van der Waals surface area contributed by atoms with Crippen molar-refractivity contribution in [3.05, 3.63) is 0 Å². The molecule has 0 aromatic rings. The molecule has 2 aliphatic heterocycles. The van der Waals surface area contributed by atoms with Crippen molar-refractivity contribution in [3.8, 4) is 0 Å². The number of hydrogen-bond acceptors (Lipinski definition) is 3. The van der Waals surface area contributed by atoms with E-state index in [1.54, 1.807) is 0 Å². The minimum Gasteiger partial charge on any atom is -0.379 e. The van der Waals surface area contributed by atoms with E-state index in [1.807, 2.05) is 0 Å². The largest absolute Gasteiger partial charge is 0.379 e. The van der Waals surface area contributed by atoms with Crippen molar-refractivity contribution in [2.24, 2.45) is 5.73 Å². The Morgan fingerprint density at radius 3 is 2.64 bits per heavy atom. The first-order valence-corrected chi connectivity index (χ1v) is 5.64. The molecule has 0 spiro atoms. The fourth-order valence-corrected chi connectivity index (χ4v) is 2.58. The lowest BCUT2D eigenvalue weighted by atomic mass is 9.96. The molecule has 2 N–H and O–H groups in total. The molecule has 0 aromatic carbocycles. The predicted molar refractivity (Wildman–Crippen MR) is 57.2 cm³/mol. The quantitative estimate of drug-likeness (QED) is 0.719. The van der Waals surface area contributed by atoms with E-state index < -0.39 is 0 Å². The maximum Gasteiger partial charge on any atom is 0.0659 e. The average Bonchev–Trinajstić information content (AvgIpc) is 2.61. The van der Waals surface area contributed by atoms with Crippen molar-refractivity contribution in [3.63, 3.8) is 0 Å². The van der Waals surface area contributed by atoms with Gasteiger partial charge in [-0.05, 0) is 39.7 Å². The van der Waals surface area contributed by atoms with Crippen LogP contribution in [0.3, 0.4) is 0 Å². The van der Waals surface area contributed by atoms with Gasteiger partial charge in [-0.25, -0.2) is 0 Å². The average molecular weight is 198 g/mol. The molecule has 2 saturated heterocycles. The van der Waals surface area contributed by atoms with Crippen molar-refractivity contribution in [2.75, 3.05) is 26.3 Å². The van der Waals surface area contributed by atoms with E-state index in [-0.39, 0.29) is 5.54 Å². The molecule has 0 aliphatic carbocycles. The molecule has 2 heterocycles. The second kappa shape index (κ2) is 3.47. The van der Waals surface area contributed by atoms with E-state index >= 15 is 0 Å². The van der Waals surface area contributed by atoms with Gasteiger partial charge in [-0.1, -0.05) is 0 Å². The normalized spacial score (nSPS) is 37.9. The summed E-state index contributed by atoms with van der Waals surface area (Å²) in [6, 6.07) is 0. The molecule has 0 amide bonds. The zero-order chi connectivity index (χ0) is 10.2. The van der Waals surface area contributed by atoms with Crippen LogP contribution in [0.1, 0.15) is 33.1 Å². The molecule has 1 unspecified atom stereocenters. The van der Waals surface area contributed by atoms with Crippen molar-refractivity contribution in [1.29, 1.82) is 0 Å². The third-order valence-electron chi connectivity index (χ3n) is 3.71. The van der Waals surface area contributed by atoms with Gasteiger partial charge in [0.05, 0.1) is 12.1 Å². The SMILES string of the molecule is CC1(C)CCCN1CC1(N)CCOC1. The number of likely N-dealkylation sites (tertiary alicyclic amines) is 1. The second-order valence-corrected chi connectivity index (χ2v) is 5.50. The Morgan fingerprint density at radius 1 is 1.36 bits per heavy atom. The molecule has 2 fully saturated rings. The van der Waals surface area contributed by atoms with Crippen LogP contribution >= 0.6 is 0 Å². The van der Waals surface area contributed by atoms with E-state index in [1.165, 1.54) is 19.4 Å². The van der Waals surface area contributed by atoms with Crippen molar-refractivity contribution < 1.29 is 4.74 Å². The fraction of sp³-hybridized carbons (Fsp3) is 1.00. The van der Waals surface area contributed by atoms with E-state index in [9.17, 15) is 0 Å². The lowest BCUT2D eigenvalue weighted by Crippen LogP contribution is -2.54. The Morgan fingerprint density at radius 2 is 2.14 bits per heavy atom. The Kier molecular flexibility index (Phi) is 2.58. The van der Waals surface area contributed by atoms with E-state index in [0.717, 1.165) is 26.2 Å². The second-order valence-electron chi connectivity index (χ2n) is 5.50. The highest BCUT2D eigenvalue weighted by molar-refractivity contribution is 4.97. The molecule has 0 radical (unpaired) electrons. The van der Waals surface area contributed by atoms with Crippen LogP contribution in [-0.4, -0.2) is 42.3 Å². The van der Waals surface area contributed by atoms with Crippen LogP contribution in [0.25, 0.3) is 0 Å². The first-order chi connectivity index (χ1) is 6.52. The third kappa shape index (κ3) is 1.95. The monoisotopic (exact) mass is 198 g/mol. The van der Waals surface area contributed by atoms with Gasteiger partial charge in [0.15, 0.2) is 0 Å². The minimum atomic E-state index is -0.0817. The van der Waals surface area contributed by atoms with Gasteiger partial charge in [-0.3, -0.25) is 4.90 Å². The minimum absolute atomic E-state index is 0.0817. The van der Waals surface area contributed by atoms with Crippen LogP contribution in [-0.2, 0) is 4.74 Å². The van der Waals surface area contributed by atoms with Gasteiger partial charge in [0, 0.05) is 18.7 Å². The molecular weight excluding hydrogens is 176 g/mol. The highest BCUT2D eigenvalue weighted by Crippen LogP contribution is 2.30. The summed E-state index contributed by atoms with van der Waals surface area (Å²) in [6.07, 6.45) is 3.62. The smallest absolute Gasteiger partial charge is 0.0659 e. The zero-order valence-electron chi connectivity index (χ0n) is 9.38. The molecule has 0 saturated carbocycles. The lowest BCUT2D eigenvalue weighted by Gasteiger charge is -2.37. The number of hydrogen-bond donors (Lipinski definition) is 1. The van der Waals surface area contributed by atoms with Gasteiger partial charge in [-0.15, -0.1) is 0 Å². The Hall–Kier alpha value is -0.120. The molecule has 3 nitrogen and oxygen atoms in total. The first kappa shape index (κ1) is 10.4. The highest BCUT2D eigenvalue weighted by atomic mass is 16.5. The van der Waals surface area contributed by atoms with E-state index in [2.05, 4.69) is 18.7 Å². The lowest BCUT2D eigenvalue weighted by molar-refractivity contribution is 0.116. The molecule has 3 heteroatoms. The highest BCUT2D eigenvalue weighted by Gasteiger charge is 2.39. The summed E-state index contributed by atoms with van der Waals surface area (Å²) in [7, 11) is 0. The summed E-state index contributed by atoms with van der Waals surface area (Å²) in [4.78, 5) is 2.53. The molecule has 0 bridgehead atoms. The van der Waals surface area contributed by atoms with Crippen LogP contribution < -0.4 is 5.73 Å². The Balaban J connectivity index is 1.96. The van der Waals surface area contributed by atoms with Gasteiger partial charge in [0.25, 0.3) is 0 Å². The van der Waals surface area contributed by atoms with Crippen molar-refractivity contribution in [1.82, 2.24) is 4.90 Å². The van der Waals surface area contributed by atoms with Crippen molar-refractivity contribution >= 4 is 0 Å².